The second kappa shape index (κ2) is 6.42. The average Bonchev–Trinajstić information content (AvgIpc) is 3.32. The maximum absolute atomic E-state index is 12.2. The van der Waals surface area contributed by atoms with Crippen molar-refractivity contribution < 1.29 is 9.53 Å². The fraction of sp³-hybridized carbons (Fsp3) is 0.611. The van der Waals surface area contributed by atoms with Gasteiger partial charge >= 0.3 is 0 Å². The minimum atomic E-state index is 0.117. The second-order valence-electron chi connectivity index (χ2n) is 6.83. The number of fused-ring (bicyclic) bond motifs is 1. The van der Waals surface area contributed by atoms with Crippen molar-refractivity contribution in [3.63, 3.8) is 0 Å². The molecule has 1 N–H and O–H groups in total. The third-order valence-electron chi connectivity index (χ3n) is 5.04. The number of aryl methyl sites for hydroxylation is 3. The first kappa shape index (κ1) is 16.7. The van der Waals surface area contributed by atoms with E-state index in [0.29, 0.717) is 30.7 Å². The Morgan fingerprint density at radius 3 is 2.75 bits per heavy atom. The molecule has 3 rings (SSSR count). The number of nitrogens with zero attached hydrogens (tertiary/aromatic N) is 3. The summed E-state index contributed by atoms with van der Waals surface area (Å²) in [6.45, 7) is 6.15. The van der Waals surface area contributed by atoms with Crippen molar-refractivity contribution in [3.05, 3.63) is 16.8 Å². The van der Waals surface area contributed by atoms with E-state index < -0.39 is 0 Å². The molecule has 6 heteroatoms. The average molecular weight is 330 g/mol. The van der Waals surface area contributed by atoms with Crippen molar-refractivity contribution in [2.24, 2.45) is 13.0 Å². The maximum Gasteiger partial charge on any atom is 0.242 e. The van der Waals surface area contributed by atoms with Crippen LogP contribution in [-0.2, 0) is 18.3 Å². The van der Waals surface area contributed by atoms with E-state index in [1.807, 2.05) is 14.0 Å². The predicted molar refractivity (Wildman–Crippen MR) is 93.2 cm³/mol. The van der Waals surface area contributed by atoms with Gasteiger partial charge in [0.2, 0.25) is 11.8 Å². The van der Waals surface area contributed by atoms with Crippen LogP contribution in [0.15, 0.2) is 0 Å². The van der Waals surface area contributed by atoms with Gasteiger partial charge in [0, 0.05) is 25.2 Å². The molecule has 1 atom stereocenters. The Labute approximate surface area is 142 Å². The number of amides is 1. The van der Waals surface area contributed by atoms with Gasteiger partial charge in [-0.25, -0.2) is 9.67 Å². The molecule has 1 aliphatic rings. The Hall–Kier alpha value is -2.11. The third-order valence-corrected chi connectivity index (χ3v) is 5.04. The van der Waals surface area contributed by atoms with E-state index in [4.69, 9.17) is 4.74 Å². The van der Waals surface area contributed by atoms with Crippen LogP contribution in [0.3, 0.4) is 0 Å². The van der Waals surface area contributed by atoms with Crippen molar-refractivity contribution in [1.29, 1.82) is 0 Å². The van der Waals surface area contributed by atoms with Crippen molar-refractivity contribution >= 4 is 16.9 Å². The molecule has 130 valence electrons. The van der Waals surface area contributed by atoms with E-state index in [2.05, 4.69) is 29.2 Å². The van der Waals surface area contributed by atoms with Crippen LogP contribution in [-0.4, -0.2) is 33.8 Å². The van der Waals surface area contributed by atoms with Gasteiger partial charge < -0.3 is 10.1 Å². The number of aromatic nitrogens is 3. The van der Waals surface area contributed by atoms with E-state index in [-0.39, 0.29) is 5.91 Å². The van der Waals surface area contributed by atoms with E-state index in [9.17, 15) is 4.79 Å². The summed E-state index contributed by atoms with van der Waals surface area (Å²) >= 11 is 0. The zero-order valence-corrected chi connectivity index (χ0v) is 15.1. The van der Waals surface area contributed by atoms with Gasteiger partial charge in [-0.15, -0.1) is 5.10 Å². The number of nitrogens with one attached hydrogen (secondary N) is 1. The summed E-state index contributed by atoms with van der Waals surface area (Å²) in [5.41, 5.74) is 3.99. The lowest BCUT2D eigenvalue weighted by Crippen LogP contribution is -2.34. The lowest BCUT2D eigenvalue weighted by molar-refractivity contribution is -0.121. The number of methoxy groups -OCH3 is 1. The first-order valence-electron chi connectivity index (χ1n) is 8.58. The number of carbonyl (C=O) groups excluding carboxylic acids is 1. The summed E-state index contributed by atoms with van der Waals surface area (Å²) in [7, 11) is 3.48. The summed E-state index contributed by atoms with van der Waals surface area (Å²) in [6, 6.07) is 0.290. The van der Waals surface area contributed by atoms with Gasteiger partial charge in [-0.3, -0.25) is 4.79 Å². The molecule has 0 saturated heterocycles. The number of ether oxygens (including phenoxy) is 1. The van der Waals surface area contributed by atoms with Crippen LogP contribution in [0.25, 0.3) is 11.0 Å². The van der Waals surface area contributed by atoms with Gasteiger partial charge in [-0.2, -0.15) is 0 Å². The summed E-state index contributed by atoms with van der Waals surface area (Å²) in [5, 5.41) is 8.42. The van der Waals surface area contributed by atoms with Gasteiger partial charge in [0.15, 0.2) is 5.65 Å². The van der Waals surface area contributed by atoms with Crippen LogP contribution in [0.5, 0.6) is 5.88 Å². The van der Waals surface area contributed by atoms with Crippen LogP contribution in [0.1, 0.15) is 43.0 Å². The van der Waals surface area contributed by atoms with Crippen LogP contribution in [0, 0.1) is 19.8 Å². The Bertz CT molecular complexity index is 777. The fourth-order valence-electron chi connectivity index (χ4n) is 3.39. The van der Waals surface area contributed by atoms with E-state index in [1.165, 1.54) is 12.8 Å². The van der Waals surface area contributed by atoms with Gasteiger partial charge in [0.05, 0.1) is 12.5 Å². The van der Waals surface area contributed by atoms with Crippen LogP contribution < -0.4 is 10.1 Å². The molecule has 2 heterocycles. The molecule has 0 radical (unpaired) electrons. The molecule has 1 aliphatic carbocycles. The van der Waals surface area contributed by atoms with Crippen molar-refractivity contribution in [1.82, 2.24) is 20.1 Å². The first-order valence-corrected chi connectivity index (χ1v) is 8.58. The highest BCUT2D eigenvalue weighted by molar-refractivity contribution is 5.86. The molecule has 6 nitrogen and oxygen atoms in total. The fourth-order valence-corrected chi connectivity index (χ4v) is 3.39. The highest BCUT2D eigenvalue weighted by Crippen LogP contribution is 2.32. The molecule has 24 heavy (non-hydrogen) atoms. The SMILES string of the molecule is COc1nn(C)c2nc(C)c(CCC(=O)NC(C)C3CC3)c(C)c12. The number of pyridine rings is 1. The molecule has 1 unspecified atom stereocenters. The molecule has 0 bridgehead atoms. The predicted octanol–water partition coefficient (Wildman–Crippen LogP) is 2.44. The summed E-state index contributed by atoms with van der Waals surface area (Å²) in [5.74, 6) is 1.38. The van der Waals surface area contributed by atoms with E-state index in [0.717, 1.165) is 27.9 Å². The Morgan fingerprint density at radius 2 is 2.12 bits per heavy atom. The number of hydrogen-bond donors (Lipinski definition) is 1. The standard InChI is InChI=1S/C18H26N4O2/c1-10-14(8-9-15(23)19-11(2)13-6-7-13)12(3)20-17-16(10)18(24-5)21-22(17)4/h11,13H,6-9H2,1-5H3,(H,19,23). The summed E-state index contributed by atoms with van der Waals surface area (Å²) < 4.78 is 7.12. The highest BCUT2D eigenvalue weighted by atomic mass is 16.5. The lowest BCUT2D eigenvalue weighted by atomic mass is 10.00. The molecule has 1 amide bonds. The zero-order valence-electron chi connectivity index (χ0n) is 15.1. The van der Waals surface area contributed by atoms with Crippen LogP contribution >= 0.6 is 0 Å². The van der Waals surface area contributed by atoms with Gasteiger partial charge in [0.1, 0.15) is 0 Å². The summed E-state index contributed by atoms with van der Waals surface area (Å²) in [6.07, 6.45) is 3.64. The Kier molecular flexibility index (Phi) is 4.47. The molecule has 0 spiro atoms. The second-order valence-corrected chi connectivity index (χ2v) is 6.83. The molecule has 2 aromatic rings. The quantitative estimate of drug-likeness (QED) is 0.883. The number of hydrogen-bond acceptors (Lipinski definition) is 4. The first-order chi connectivity index (χ1) is 11.4. The molecule has 1 fully saturated rings. The molecular formula is C18H26N4O2. The van der Waals surface area contributed by atoms with Gasteiger partial charge in [0.25, 0.3) is 0 Å². The normalized spacial score (nSPS) is 15.5. The molecular weight excluding hydrogens is 304 g/mol. The van der Waals surface area contributed by atoms with E-state index in [1.54, 1.807) is 11.8 Å². The monoisotopic (exact) mass is 330 g/mol. The molecule has 0 aromatic carbocycles. The van der Waals surface area contributed by atoms with Crippen LogP contribution in [0.4, 0.5) is 0 Å². The van der Waals surface area contributed by atoms with Crippen molar-refractivity contribution in [2.45, 2.75) is 52.5 Å². The summed E-state index contributed by atoms with van der Waals surface area (Å²) in [4.78, 5) is 16.9. The van der Waals surface area contributed by atoms with Gasteiger partial charge in [-0.05, 0) is 57.1 Å². The number of carbonyl (C=O) groups is 1. The lowest BCUT2D eigenvalue weighted by Gasteiger charge is -2.14. The van der Waals surface area contributed by atoms with Crippen molar-refractivity contribution in [3.8, 4) is 5.88 Å². The zero-order chi connectivity index (χ0) is 17.4. The molecule has 0 aliphatic heterocycles. The minimum absolute atomic E-state index is 0.117. The topological polar surface area (TPSA) is 69.0 Å². The van der Waals surface area contributed by atoms with E-state index >= 15 is 0 Å². The van der Waals surface area contributed by atoms with Crippen molar-refractivity contribution in [2.75, 3.05) is 7.11 Å². The smallest absolute Gasteiger partial charge is 0.242 e. The Morgan fingerprint density at radius 1 is 1.42 bits per heavy atom. The van der Waals surface area contributed by atoms with Gasteiger partial charge in [-0.1, -0.05) is 0 Å². The minimum Gasteiger partial charge on any atom is -0.479 e. The maximum atomic E-state index is 12.2. The number of rotatable bonds is 6. The van der Waals surface area contributed by atoms with Crippen LogP contribution in [0.2, 0.25) is 0 Å². The largest absolute Gasteiger partial charge is 0.479 e. The molecule has 1 saturated carbocycles. The third kappa shape index (κ3) is 3.09. The molecule has 2 aromatic heterocycles. The highest BCUT2D eigenvalue weighted by Gasteiger charge is 2.28. The Balaban J connectivity index is 1.79.